The topological polar surface area (TPSA) is 27.7 Å². The van der Waals surface area contributed by atoms with Crippen molar-refractivity contribution in [2.45, 2.75) is 6.10 Å². The van der Waals surface area contributed by atoms with Crippen LogP contribution in [-0.4, -0.2) is 0 Å². The van der Waals surface area contributed by atoms with Crippen LogP contribution in [0.5, 0.6) is 23.0 Å². The molecule has 2 aromatic rings. The zero-order valence-corrected chi connectivity index (χ0v) is 11.7. The van der Waals surface area contributed by atoms with Crippen molar-refractivity contribution in [1.82, 2.24) is 0 Å². The Labute approximate surface area is 127 Å². The number of hydrogen-bond donors (Lipinski definition) is 0. The summed E-state index contributed by atoms with van der Waals surface area (Å²) in [6.07, 6.45) is 9.71. The van der Waals surface area contributed by atoms with E-state index in [0.29, 0.717) is 0 Å². The molecule has 2 heterocycles. The second-order valence-electron chi connectivity index (χ2n) is 5.39. The van der Waals surface area contributed by atoms with Crippen LogP contribution in [0.1, 0.15) is 17.2 Å². The lowest BCUT2D eigenvalue weighted by molar-refractivity contribution is 0.173. The highest BCUT2D eigenvalue weighted by Gasteiger charge is 2.32. The largest absolute Gasteiger partial charge is 0.488 e. The predicted molar refractivity (Wildman–Crippen MR) is 83.1 cm³/mol. The smallest absolute Gasteiger partial charge is 0.178 e. The molecule has 106 valence electrons. The average molecular weight is 288 g/mol. The van der Waals surface area contributed by atoms with E-state index < -0.39 is 0 Å². The summed E-state index contributed by atoms with van der Waals surface area (Å²) in [5.74, 6) is 2.94. The molecule has 2 aromatic carbocycles. The lowest BCUT2D eigenvalue weighted by Gasteiger charge is -2.30. The highest BCUT2D eigenvalue weighted by molar-refractivity contribution is 5.72. The Bertz CT molecular complexity index is 874. The molecule has 1 atom stereocenters. The van der Waals surface area contributed by atoms with Gasteiger partial charge in [0.05, 0.1) is 11.8 Å². The van der Waals surface area contributed by atoms with Crippen molar-refractivity contribution in [2.75, 3.05) is 0 Å². The fraction of sp³-hybridized carbons (Fsp3) is 0.0526. The molecule has 3 aliphatic rings. The van der Waals surface area contributed by atoms with E-state index in [1.54, 1.807) is 6.26 Å². The summed E-state index contributed by atoms with van der Waals surface area (Å²) in [6.45, 7) is 0. The summed E-state index contributed by atoms with van der Waals surface area (Å²) in [5.41, 5.74) is 3.23. The van der Waals surface area contributed by atoms with Crippen LogP contribution >= 0.6 is 0 Å². The Kier molecular flexibility index (Phi) is 2.27. The molecule has 2 aliphatic heterocycles. The summed E-state index contributed by atoms with van der Waals surface area (Å²) in [5, 5.41) is 0. The minimum Gasteiger partial charge on any atom is -0.488 e. The molecule has 0 N–H and O–H groups in total. The second kappa shape index (κ2) is 4.28. The highest BCUT2D eigenvalue weighted by Crippen LogP contribution is 2.52. The van der Waals surface area contributed by atoms with Crippen LogP contribution in [-0.2, 0) is 4.74 Å². The van der Waals surface area contributed by atoms with Gasteiger partial charge in [0.15, 0.2) is 29.1 Å². The average Bonchev–Trinajstić information content (AvgIpc) is 2.59. The van der Waals surface area contributed by atoms with Crippen LogP contribution in [0.4, 0.5) is 0 Å². The molecule has 3 nitrogen and oxygen atoms in total. The molecule has 0 spiro atoms. The van der Waals surface area contributed by atoms with E-state index in [4.69, 9.17) is 14.2 Å². The van der Waals surface area contributed by atoms with Gasteiger partial charge in [-0.15, -0.1) is 0 Å². The van der Waals surface area contributed by atoms with Crippen LogP contribution in [0.15, 0.2) is 66.5 Å². The third kappa shape index (κ3) is 1.56. The molecule has 0 saturated carbocycles. The van der Waals surface area contributed by atoms with E-state index in [2.05, 4.69) is 18.2 Å². The maximum atomic E-state index is 6.13. The van der Waals surface area contributed by atoms with Gasteiger partial charge in [0.2, 0.25) is 0 Å². The Morgan fingerprint density at radius 1 is 0.818 bits per heavy atom. The highest BCUT2D eigenvalue weighted by atomic mass is 16.6. The molecule has 1 unspecified atom stereocenters. The van der Waals surface area contributed by atoms with Crippen molar-refractivity contribution < 1.29 is 14.2 Å². The van der Waals surface area contributed by atoms with Gasteiger partial charge in [0.1, 0.15) is 0 Å². The number of fused-ring (bicyclic) bond motifs is 6. The lowest BCUT2D eigenvalue weighted by atomic mass is 9.88. The number of hydrogen-bond acceptors (Lipinski definition) is 3. The van der Waals surface area contributed by atoms with Crippen LogP contribution in [0.2, 0.25) is 0 Å². The van der Waals surface area contributed by atoms with E-state index in [-0.39, 0.29) is 6.10 Å². The molecule has 0 radical (unpaired) electrons. The van der Waals surface area contributed by atoms with Crippen LogP contribution in [0, 0.1) is 0 Å². The molecular formula is C19H12O3. The van der Waals surface area contributed by atoms with Crippen molar-refractivity contribution in [3.63, 3.8) is 0 Å². The first-order valence-corrected chi connectivity index (χ1v) is 7.22. The number of rotatable bonds is 0. The standard InChI is InChI=1S/C19H12O3/c1-2-6-15-14(5-1)21-16-10-9-12-7-8-13-4-3-11-20-18(13)17(12)19(16)22-15/h1-11,18H. The third-order valence-electron chi connectivity index (χ3n) is 4.08. The predicted octanol–water partition coefficient (Wildman–Crippen LogP) is 5.12. The van der Waals surface area contributed by atoms with Gasteiger partial charge in [-0.1, -0.05) is 36.4 Å². The minimum absolute atomic E-state index is 0.145. The zero-order chi connectivity index (χ0) is 14.5. The van der Waals surface area contributed by atoms with E-state index in [1.807, 2.05) is 42.5 Å². The summed E-state index contributed by atoms with van der Waals surface area (Å²) < 4.78 is 17.9. The van der Waals surface area contributed by atoms with Crippen LogP contribution in [0.25, 0.3) is 6.08 Å². The maximum absolute atomic E-state index is 6.13. The quantitative estimate of drug-likeness (QED) is 0.574. The van der Waals surface area contributed by atoms with Crippen molar-refractivity contribution in [2.24, 2.45) is 0 Å². The van der Waals surface area contributed by atoms with E-state index >= 15 is 0 Å². The summed E-state index contributed by atoms with van der Waals surface area (Å²) in [4.78, 5) is 0. The Morgan fingerprint density at radius 3 is 2.59 bits per heavy atom. The van der Waals surface area contributed by atoms with Crippen molar-refractivity contribution in [1.29, 1.82) is 0 Å². The van der Waals surface area contributed by atoms with Crippen LogP contribution in [0.3, 0.4) is 0 Å². The summed E-state index contributed by atoms with van der Waals surface area (Å²) in [7, 11) is 0. The van der Waals surface area contributed by atoms with E-state index in [1.165, 1.54) is 0 Å². The molecule has 0 amide bonds. The molecule has 3 heteroatoms. The fourth-order valence-electron chi connectivity index (χ4n) is 3.05. The molecule has 0 saturated heterocycles. The normalized spacial score (nSPS) is 19.5. The lowest BCUT2D eigenvalue weighted by Crippen LogP contribution is -2.13. The van der Waals surface area contributed by atoms with Gasteiger partial charge in [-0.2, -0.15) is 0 Å². The Balaban J connectivity index is 1.71. The first-order chi connectivity index (χ1) is 10.9. The number of ether oxygens (including phenoxy) is 3. The van der Waals surface area contributed by atoms with Crippen LogP contribution < -0.4 is 9.47 Å². The molecular weight excluding hydrogens is 276 g/mol. The molecule has 22 heavy (non-hydrogen) atoms. The van der Waals surface area contributed by atoms with Crippen molar-refractivity contribution in [3.8, 4) is 23.0 Å². The van der Waals surface area contributed by atoms with E-state index in [0.717, 1.165) is 39.7 Å². The van der Waals surface area contributed by atoms with E-state index in [9.17, 15) is 0 Å². The van der Waals surface area contributed by atoms with Gasteiger partial charge in [-0.05, 0) is 35.4 Å². The Hall–Kier alpha value is -2.94. The molecule has 5 rings (SSSR count). The third-order valence-corrected chi connectivity index (χ3v) is 4.08. The second-order valence-corrected chi connectivity index (χ2v) is 5.39. The number of benzene rings is 2. The zero-order valence-electron chi connectivity index (χ0n) is 11.7. The monoisotopic (exact) mass is 288 g/mol. The van der Waals surface area contributed by atoms with Gasteiger partial charge in [-0.3, -0.25) is 0 Å². The Morgan fingerprint density at radius 2 is 1.68 bits per heavy atom. The summed E-state index contributed by atoms with van der Waals surface area (Å²) in [6, 6.07) is 11.7. The fourth-order valence-corrected chi connectivity index (χ4v) is 3.05. The minimum atomic E-state index is -0.145. The van der Waals surface area contributed by atoms with Gasteiger partial charge in [0.25, 0.3) is 0 Å². The van der Waals surface area contributed by atoms with Gasteiger partial charge < -0.3 is 14.2 Å². The maximum Gasteiger partial charge on any atom is 0.178 e. The molecule has 0 aromatic heterocycles. The number of allylic oxidation sites excluding steroid dienone is 2. The first kappa shape index (κ1) is 11.7. The van der Waals surface area contributed by atoms with Crippen molar-refractivity contribution >= 4 is 6.08 Å². The van der Waals surface area contributed by atoms with Gasteiger partial charge in [0, 0.05) is 0 Å². The number of para-hydroxylation sites is 2. The molecule has 1 aliphatic carbocycles. The first-order valence-electron chi connectivity index (χ1n) is 7.22. The summed E-state index contributed by atoms with van der Waals surface area (Å²) >= 11 is 0. The molecule has 0 fully saturated rings. The van der Waals surface area contributed by atoms with Gasteiger partial charge in [-0.25, -0.2) is 0 Å². The van der Waals surface area contributed by atoms with Crippen molar-refractivity contribution in [3.05, 3.63) is 77.6 Å². The van der Waals surface area contributed by atoms with Gasteiger partial charge >= 0.3 is 0 Å². The molecule has 0 bridgehead atoms. The SMILES string of the molecule is C1=COC2C(=C1)C=Cc1ccc3c(c12)Oc1ccccc1O3.